The maximum Gasteiger partial charge on any atom is 0.295 e. The Kier molecular flexibility index (Phi) is 4.55. The van der Waals surface area contributed by atoms with Crippen LogP contribution >= 0.6 is 0 Å². The lowest BCUT2D eigenvalue weighted by molar-refractivity contribution is -0.384. The minimum absolute atomic E-state index is 0.0662. The van der Waals surface area contributed by atoms with Crippen molar-refractivity contribution in [3.05, 3.63) is 64.2 Å². The number of hydrogen-bond donors (Lipinski definition) is 2. The average Bonchev–Trinajstić information content (AvgIpc) is 3.15. The molecule has 3 rings (SSSR count). The van der Waals surface area contributed by atoms with Crippen LogP contribution in [0.25, 0.3) is 11.4 Å². The molecule has 0 saturated carbocycles. The Morgan fingerprint density at radius 2 is 2.20 bits per heavy atom. The molecule has 1 heterocycles. The summed E-state index contributed by atoms with van der Waals surface area (Å²) in [4.78, 5) is 14.6. The zero-order chi connectivity index (χ0) is 17.8. The molecule has 0 aliphatic rings. The van der Waals surface area contributed by atoms with Crippen LogP contribution < -0.4 is 10.1 Å². The molecule has 8 nitrogen and oxygen atoms in total. The molecular weight excluding hydrogens is 329 g/mol. The summed E-state index contributed by atoms with van der Waals surface area (Å²) >= 11 is 0. The van der Waals surface area contributed by atoms with Gasteiger partial charge in [0.15, 0.2) is 17.4 Å². The van der Waals surface area contributed by atoms with Crippen molar-refractivity contribution < 1.29 is 14.1 Å². The summed E-state index contributed by atoms with van der Waals surface area (Å²) in [5, 5.41) is 20.7. The first-order chi connectivity index (χ1) is 12.1. The third kappa shape index (κ3) is 3.55. The van der Waals surface area contributed by atoms with E-state index in [9.17, 15) is 14.5 Å². The van der Waals surface area contributed by atoms with Crippen LogP contribution in [0.2, 0.25) is 0 Å². The van der Waals surface area contributed by atoms with Gasteiger partial charge in [0.05, 0.1) is 18.1 Å². The van der Waals surface area contributed by atoms with E-state index < -0.39 is 10.7 Å². The van der Waals surface area contributed by atoms with E-state index in [2.05, 4.69) is 20.5 Å². The van der Waals surface area contributed by atoms with E-state index in [1.165, 1.54) is 19.5 Å². The Morgan fingerprint density at radius 1 is 1.36 bits per heavy atom. The van der Waals surface area contributed by atoms with E-state index in [1.54, 1.807) is 0 Å². The lowest BCUT2D eigenvalue weighted by atomic mass is 10.1. The quantitative estimate of drug-likeness (QED) is 0.526. The molecule has 0 radical (unpaired) electrons. The molecule has 0 fully saturated rings. The average molecular weight is 343 g/mol. The first-order valence-corrected chi connectivity index (χ1v) is 7.29. The first kappa shape index (κ1) is 16.4. The second-order valence-electron chi connectivity index (χ2n) is 5.15. The molecule has 0 bridgehead atoms. The van der Waals surface area contributed by atoms with Gasteiger partial charge in [-0.3, -0.25) is 15.2 Å². The molecule has 0 aliphatic carbocycles. The van der Waals surface area contributed by atoms with Crippen LogP contribution in [-0.2, 0) is 6.54 Å². The van der Waals surface area contributed by atoms with Crippen LogP contribution in [0.5, 0.6) is 5.75 Å². The number of aromatic amines is 1. The van der Waals surface area contributed by atoms with Gasteiger partial charge in [-0.1, -0.05) is 18.2 Å². The highest BCUT2D eigenvalue weighted by atomic mass is 19.1. The minimum atomic E-state index is -0.785. The number of nitro benzene ring substituents is 1. The number of nitro groups is 1. The molecule has 128 valence electrons. The Morgan fingerprint density at radius 3 is 2.88 bits per heavy atom. The van der Waals surface area contributed by atoms with Gasteiger partial charge in [-0.15, -0.1) is 0 Å². The zero-order valence-corrected chi connectivity index (χ0v) is 13.2. The van der Waals surface area contributed by atoms with E-state index >= 15 is 0 Å². The summed E-state index contributed by atoms with van der Waals surface area (Å²) in [6, 6.07) is 9.56. The third-order valence-corrected chi connectivity index (χ3v) is 3.57. The number of aromatic nitrogens is 3. The molecule has 0 unspecified atom stereocenters. The molecule has 9 heteroatoms. The summed E-state index contributed by atoms with van der Waals surface area (Å²) in [6.45, 7) is 0.303. The summed E-state index contributed by atoms with van der Waals surface area (Å²) in [5.74, 6) is -0.230. The molecule has 1 aromatic heterocycles. The number of H-pyrrole nitrogens is 1. The second-order valence-corrected chi connectivity index (χ2v) is 5.15. The van der Waals surface area contributed by atoms with Gasteiger partial charge in [-0.05, 0) is 11.6 Å². The lowest BCUT2D eigenvalue weighted by Crippen LogP contribution is -2.04. The third-order valence-electron chi connectivity index (χ3n) is 3.57. The normalized spacial score (nSPS) is 10.5. The lowest BCUT2D eigenvalue weighted by Gasteiger charge is -2.10. The summed E-state index contributed by atoms with van der Waals surface area (Å²) in [6.07, 6.45) is 1.41. The van der Waals surface area contributed by atoms with Gasteiger partial charge in [0.2, 0.25) is 0 Å². The molecule has 0 amide bonds. The Labute approximate surface area is 141 Å². The largest absolute Gasteiger partial charge is 0.494 e. The molecule has 0 saturated heterocycles. The molecule has 2 N–H and O–H groups in total. The summed E-state index contributed by atoms with van der Waals surface area (Å²) in [7, 11) is 1.30. The van der Waals surface area contributed by atoms with Crippen LogP contribution in [-0.4, -0.2) is 27.2 Å². The highest BCUT2D eigenvalue weighted by Gasteiger charge is 2.19. The van der Waals surface area contributed by atoms with Crippen molar-refractivity contribution in [2.24, 2.45) is 0 Å². The summed E-state index contributed by atoms with van der Waals surface area (Å²) in [5.41, 5.74) is 1.52. The van der Waals surface area contributed by atoms with Crippen molar-refractivity contribution in [2.45, 2.75) is 6.54 Å². The van der Waals surface area contributed by atoms with Crippen molar-refractivity contribution >= 4 is 11.4 Å². The molecule has 0 atom stereocenters. The van der Waals surface area contributed by atoms with Crippen LogP contribution in [0, 0.1) is 15.9 Å². The molecule has 2 aromatic carbocycles. The molecule has 0 spiro atoms. The van der Waals surface area contributed by atoms with Crippen molar-refractivity contribution in [3.63, 3.8) is 0 Å². The standard InChI is InChI=1S/C16H14FN5O3/c1-25-15-7-13(14(22(23)24)6-12(15)17)18-8-10-3-2-4-11(5-10)16-19-9-20-21-16/h2-7,9,18H,8H2,1H3,(H,19,20,21). The van der Waals surface area contributed by atoms with Crippen molar-refractivity contribution in [3.8, 4) is 17.1 Å². The number of nitrogens with zero attached hydrogens (tertiary/aromatic N) is 3. The predicted molar refractivity (Wildman–Crippen MR) is 88.8 cm³/mol. The molecular formula is C16H14FN5O3. The molecule has 0 aliphatic heterocycles. The maximum absolute atomic E-state index is 13.7. The fraction of sp³-hybridized carbons (Fsp3) is 0.125. The highest BCUT2D eigenvalue weighted by molar-refractivity contribution is 5.65. The predicted octanol–water partition coefficient (Wildman–Crippen LogP) is 3.14. The highest BCUT2D eigenvalue weighted by Crippen LogP contribution is 2.32. The van der Waals surface area contributed by atoms with Crippen LogP contribution in [0.4, 0.5) is 15.8 Å². The van der Waals surface area contributed by atoms with Gasteiger partial charge >= 0.3 is 0 Å². The van der Waals surface area contributed by atoms with E-state index in [0.29, 0.717) is 12.4 Å². The van der Waals surface area contributed by atoms with Crippen molar-refractivity contribution in [1.29, 1.82) is 0 Å². The van der Waals surface area contributed by atoms with Gasteiger partial charge < -0.3 is 10.1 Å². The SMILES string of the molecule is COc1cc(NCc2cccc(-c3ncn[nH]3)c2)c([N+](=O)[O-])cc1F. The second kappa shape index (κ2) is 6.95. The van der Waals surface area contributed by atoms with Crippen molar-refractivity contribution in [1.82, 2.24) is 15.2 Å². The smallest absolute Gasteiger partial charge is 0.295 e. The van der Waals surface area contributed by atoms with Gasteiger partial charge in [0.25, 0.3) is 5.69 Å². The fourth-order valence-corrected chi connectivity index (χ4v) is 2.36. The van der Waals surface area contributed by atoms with Crippen molar-refractivity contribution in [2.75, 3.05) is 12.4 Å². The Bertz CT molecular complexity index is 899. The number of methoxy groups -OCH3 is 1. The van der Waals surface area contributed by atoms with Gasteiger partial charge in [0, 0.05) is 18.2 Å². The monoisotopic (exact) mass is 343 g/mol. The van der Waals surface area contributed by atoms with Crippen LogP contribution in [0.1, 0.15) is 5.56 Å². The molecule has 25 heavy (non-hydrogen) atoms. The van der Waals surface area contributed by atoms with Crippen LogP contribution in [0.3, 0.4) is 0 Å². The van der Waals surface area contributed by atoms with Gasteiger partial charge in [-0.2, -0.15) is 5.10 Å². The molecule has 3 aromatic rings. The van der Waals surface area contributed by atoms with Crippen LogP contribution in [0.15, 0.2) is 42.7 Å². The first-order valence-electron chi connectivity index (χ1n) is 7.29. The van der Waals surface area contributed by atoms with Gasteiger partial charge in [0.1, 0.15) is 12.0 Å². The van der Waals surface area contributed by atoms with Gasteiger partial charge in [-0.25, -0.2) is 9.37 Å². The van der Waals surface area contributed by atoms with E-state index in [0.717, 1.165) is 17.2 Å². The minimum Gasteiger partial charge on any atom is -0.494 e. The van der Waals surface area contributed by atoms with E-state index in [1.807, 2.05) is 24.3 Å². The number of anilines is 1. The summed E-state index contributed by atoms with van der Waals surface area (Å²) < 4.78 is 18.6. The number of benzene rings is 2. The number of halogens is 1. The Hall–Kier alpha value is -3.49. The zero-order valence-electron chi connectivity index (χ0n) is 13.2. The number of hydrogen-bond acceptors (Lipinski definition) is 6. The fourth-order valence-electron chi connectivity index (χ4n) is 2.36. The number of nitrogens with one attached hydrogen (secondary N) is 2. The van der Waals surface area contributed by atoms with E-state index in [4.69, 9.17) is 4.74 Å². The Balaban J connectivity index is 1.84. The maximum atomic E-state index is 13.7. The van der Waals surface area contributed by atoms with E-state index in [-0.39, 0.29) is 17.1 Å². The topological polar surface area (TPSA) is 106 Å². The number of rotatable bonds is 6. The number of ether oxygens (including phenoxy) is 1.